The van der Waals surface area contributed by atoms with Crippen molar-refractivity contribution < 1.29 is 18.3 Å². The van der Waals surface area contributed by atoms with Crippen LogP contribution in [0.2, 0.25) is 0 Å². The van der Waals surface area contributed by atoms with Crippen LogP contribution >= 0.6 is 0 Å². The maximum absolute atomic E-state index is 14.4. The topological polar surface area (TPSA) is 69.7 Å². The molecule has 0 amide bonds. The van der Waals surface area contributed by atoms with Gasteiger partial charge in [0.15, 0.2) is 17.1 Å². The Kier molecular flexibility index (Phi) is 4.43. The van der Waals surface area contributed by atoms with Crippen LogP contribution in [0.15, 0.2) is 65.8 Å². The zero-order valence-corrected chi connectivity index (χ0v) is 15.0. The number of hydrogen-bond acceptors (Lipinski definition) is 5. The van der Waals surface area contributed by atoms with E-state index < -0.39 is 17.3 Å². The molecule has 3 aromatic rings. The zero-order chi connectivity index (χ0) is 19.7. The average molecular weight is 381 g/mol. The summed E-state index contributed by atoms with van der Waals surface area (Å²) in [4.78, 5) is 8.19. The number of amidine groups is 1. The molecule has 1 aromatic heterocycles. The van der Waals surface area contributed by atoms with Crippen molar-refractivity contribution in [3.8, 4) is 16.9 Å². The van der Waals surface area contributed by atoms with E-state index in [2.05, 4.69) is 9.98 Å². The zero-order valence-electron chi connectivity index (χ0n) is 15.0. The Hall–Kier alpha value is -3.48. The fourth-order valence-corrected chi connectivity index (χ4v) is 3.32. The largest absolute Gasteiger partial charge is 0.494 e. The van der Waals surface area contributed by atoms with Crippen molar-refractivity contribution in [1.82, 2.24) is 4.98 Å². The van der Waals surface area contributed by atoms with Crippen molar-refractivity contribution in [2.24, 2.45) is 10.7 Å². The number of pyridine rings is 1. The van der Waals surface area contributed by atoms with Crippen molar-refractivity contribution in [3.05, 3.63) is 83.7 Å². The Balaban J connectivity index is 1.84. The molecule has 0 fully saturated rings. The highest BCUT2D eigenvalue weighted by Gasteiger charge is 2.40. The number of aromatic nitrogens is 1. The molecule has 1 aliphatic heterocycles. The number of methoxy groups -OCH3 is 1. The molecule has 142 valence electrons. The summed E-state index contributed by atoms with van der Waals surface area (Å²) in [6.07, 6.45) is 1.46. The van der Waals surface area contributed by atoms with Gasteiger partial charge in [-0.25, -0.2) is 14.4 Å². The van der Waals surface area contributed by atoms with Crippen molar-refractivity contribution >= 4 is 6.02 Å². The summed E-state index contributed by atoms with van der Waals surface area (Å²) in [5.41, 5.74) is 7.71. The standard InChI is InChI=1S/C21H17F2N3O2/c1-27-18-7-6-16(10-17(18)22)21(12-28-20(24)26-21)15-4-2-3-13(9-15)14-5-8-19(23)25-11-14/h2-11H,12H2,1H3,(H2,24,26). The van der Waals surface area contributed by atoms with E-state index >= 15 is 0 Å². The van der Waals surface area contributed by atoms with E-state index in [1.165, 1.54) is 25.4 Å². The lowest BCUT2D eigenvalue weighted by Crippen LogP contribution is -2.27. The van der Waals surface area contributed by atoms with E-state index in [9.17, 15) is 8.78 Å². The molecule has 2 N–H and O–H groups in total. The number of nitrogens with two attached hydrogens (primary N) is 1. The third-order valence-corrected chi connectivity index (χ3v) is 4.76. The predicted molar refractivity (Wildman–Crippen MR) is 101 cm³/mol. The Labute approximate surface area is 160 Å². The van der Waals surface area contributed by atoms with Crippen LogP contribution in [-0.4, -0.2) is 24.7 Å². The number of rotatable bonds is 4. The monoisotopic (exact) mass is 381 g/mol. The van der Waals surface area contributed by atoms with Gasteiger partial charge in [0.25, 0.3) is 6.02 Å². The van der Waals surface area contributed by atoms with E-state index in [0.29, 0.717) is 5.56 Å². The summed E-state index contributed by atoms with van der Waals surface area (Å²) >= 11 is 0. The second-order valence-corrected chi connectivity index (χ2v) is 6.40. The van der Waals surface area contributed by atoms with Gasteiger partial charge < -0.3 is 15.2 Å². The molecular formula is C21H17F2N3O2. The van der Waals surface area contributed by atoms with E-state index in [4.69, 9.17) is 15.2 Å². The van der Waals surface area contributed by atoms with Gasteiger partial charge in [0.2, 0.25) is 5.95 Å². The van der Waals surface area contributed by atoms with Crippen molar-refractivity contribution in [1.29, 1.82) is 0 Å². The molecule has 0 saturated carbocycles. The molecular weight excluding hydrogens is 364 g/mol. The first-order chi connectivity index (χ1) is 13.5. The highest BCUT2D eigenvalue weighted by Crippen LogP contribution is 2.40. The van der Waals surface area contributed by atoms with Gasteiger partial charge in [0, 0.05) is 11.8 Å². The average Bonchev–Trinajstić information content (AvgIpc) is 3.11. The van der Waals surface area contributed by atoms with Crippen molar-refractivity contribution in [2.75, 3.05) is 13.7 Å². The molecule has 0 bridgehead atoms. The summed E-state index contributed by atoms with van der Waals surface area (Å²) in [5.74, 6) is -0.911. The summed E-state index contributed by atoms with van der Waals surface area (Å²) in [7, 11) is 1.41. The molecule has 4 rings (SSSR count). The van der Waals surface area contributed by atoms with E-state index in [1.807, 2.05) is 24.3 Å². The minimum Gasteiger partial charge on any atom is -0.494 e. The molecule has 0 saturated heterocycles. The predicted octanol–water partition coefficient (Wildman–Crippen LogP) is 3.62. The van der Waals surface area contributed by atoms with Crippen LogP contribution in [0.1, 0.15) is 11.1 Å². The maximum atomic E-state index is 14.4. The Morgan fingerprint density at radius 2 is 1.86 bits per heavy atom. The lowest BCUT2D eigenvalue weighted by Gasteiger charge is -2.26. The smallest absolute Gasteiger partial charge is 0.283 e. The molecule has 0 spiro atoms. The normalized spacial score (nSPS) is 18.5. The Morgan fingerprint density at radius 1 is 1.04 bits per heavy atom. The first kappa shape index (κ1) is 17.9. The molecule has 0 aliphatic carbocycles. The lowest BCUT2D eigenvalue weighted by atomic mass is 9.83. The number of hydrogen-bond donors (Lipinski definition) is 1. The maximum Gasteiger partial charge on any atom is 0.283 e. The van der Waals surface area contributed by atoms with Gasteiger partial charge in [-0.3, -0.25) is 0 Å². The van der Waals surface area contributed by atoms with Gasteiger partial charge in [-0.05, 0) is 47.0 Å². The van der Waals surface area contributed by atoms with Gasteiger partial charge in [-0.1, -0.05) is 24.3 Å². The van der Waals surface area contributed by atoms with Crippen LogP contribution in [0.5, 0.6) is 5.75 Å². The molecule has 5 nitrogen and oxygen atoms in total. The minimum absolute atomic E-state index is 0.0325. The van der Waals surface area contributed by atoms with E-state index in [1.54, 1.807) is 18.2 Å². The van der Waals surface area contributed by atoms with Gasteiger partial charge >= 0.3 is 0 Å². The third kappa shape index (κ3) is 3.05. The second-order valence-electron chi connectivity index (χ2n) is 6.40. The number of halogens is 2. The molecule has 2 aromatic carbocycles. The van der Waals surface area contributed by atoms with Crippen LogP contribution in [-0.2, 0) is 10.3 Å². The van der Waals surface area contributed by atoms with Crippen LogP contribution < -0.4 is 10.5 Å². The van der Waals surface area contributed by atoms with Gasteiger partial charge in [-0.15, -0.1) is 0 Å². The Bertz CT molecular complexity index is 1050. The first-order valence-corrected chi connectivity index (χ1v) is 8.56. The molecule has 2 heterocycles. The third-order valence-electron chi connectivity index (χ3n) is 4.76. The van der Waals surface area contributed by atoms with Crippen LogP contribution in [0.4, 0.5) is 8.78 Å². The quantitative estimate of drug-likeness (QED) is 0.701. The van der Waals surface area contributed by atoms with E-state index in [0.717, 1.165) is 16.7 Å². The van der Waals surface area contributed by atoms with Crippen LogP contribution in [0, 0.1) is 11.8 Å². The van der Waals surface area contributed by atoms with Crippen molar-refractivity contribution in [2.45, 2.75) is 5.54 Å². The number of nitrogens with zero attached hydrogens (tertiary/aromatic N) is 2. The molecule has 7 heteroatoms. The van der Waals surface area contributed by atoms with Gasteiger partial charge in [0.1, 0.15) is 6.61 Å². The molecule has 1 atom stereocenters. The Morgan fingerprint density at radius 3 is 2.50 bits per heavy atom. The summed E-state index contributed by atoms with van der Waals surface area (Å²) < 4.78 is 38.0. The first-order valence-electron chi connectivity index (χ1n) is 8.56. The lowest BCUT2D eigenvalue weighted by molar-refractivity contribution is 0.278. The molecule has 0 radical (unpaired) electrons. The number of aliphatic imine (C=N–C) groups is 1. The SMILES string of the molecule is COc1ccc(C2(c3cccc(-c4ccc(F)nc4)c3)COC(N)=N2)cc1F. The van der Waals surface area contributed by atoms with Gasteiger partial charge in [-0.2, -0.15) is 4.39 Å². The highest BCUT2D eigenvalue weighted by atomic mass is 19.1. The number of benzene rings is 2. The summed E-state index contributed by atoms with van der Waals surface area (Å²) in [6.45, 7) is 0.135. The highest BCUT2D eigenvalue weighted by molar-refractivity contribution is 5.75. The fraction of sp³-hybridized carbons (Fsp3) is 0.143. The molecule has 1 unspecified atom stereocenters. The number of ether oxygens (including phenoxy) is 2. The van der Waals surface area contributed by atoms with Crippen LogP contribution in [0.25, 0.3) is 11.1 Å². The van der Waals surface area contributed by atoms with Gasteiger partial charge in [0.05, 0.1) is 7.11 Å². The summed E-state index contributed by atoms with van der Waals surface area (Å²) in [5, 5.41) is 0. The molecule has 28 heavy (non-hydrogen) atoms. The molecule has 1 aliphatic rings. The van der Waals surface area contributed by atoms with Crippen molar-refractivity contribution in [3.63, 3.8) is 0 Å². The summed E-state index contributed by atoms with van der Waals surface area (Å²) in [6, 6.07) is 15.1. The van der Waals surface area contributed by atoms with E-state index in [-0.39, 0.29) is 18.4 Å². The van der Waals surface area contributed by atoms with Crippen LogP contribution in [0.3, 0.4) is 0 Å². The minimum atomic E-state index is -0.999. The fourth-order valence-electron chi connectivity index (χ4n) is 3.32. The second kappa shape index (κ2) is 6.92.